The van der Waals surface area contributed by atoms with Crippen molar-refractivity contribution < 1.29 is 14.0 Å². The van der Waals surface area contributed by atoms with E-state index in [0.717, 1.165) is 31.2 Å². The van der Waals surface area contributed by atoms with Crippen molar-refractivity contribution >= 4 is 17.5 Å². The zero-order valence-corrected chi connectivity index (χ0v) is 14.5. The van der Waals surface area contributed by atoms with Gasteiger partial charge in [-0.05, 0) is 67.6 Å². The van der Waals surface area contributed by atoms with Gasteiger partial charge in [-0.3, -0.25) is 9.59 Å². The molecule has 2 aromatic rings. The third-order valence-corrected chi connectivity index (χ3v) is 4.84. The Labute approximate surface area is 152 Å². The Kier molecular flexibility index (Phi) is 4.45. The van der Waals surface area contributed by atoms with Gasteiger partial charge in [0.1, 0.15) is 5.82 Å². The molecule has 2 aliphatic rings. The van der Waals surface area contributed by atoms with Gasteiger partial charge in [-0.25, -0.2) is 4.39 Å². The number of anilines is 1. The lowest BCUT2D eigenvalue weighted by Gasteiger charge is -2.23. The van der Waals surface area contributed by atoms with Gasteiger partial charge in [0, 0.05) is 29.8 Å². The first kappa shape index (κ1) is 16.8. The molecule has 2 amide bonds. The Morgan fingerprint density at radius 2 is 1.77 bits per heavy atom. The van der Waals surface area contributed by atoms with E-state index >= 15 is 0 Å². The van der Waals surface area contributed by atoms with Crippen LogP contribution in [0.2, 0.25) is 0 Å². The normalized spacial score (nSPS) is 16.2. The number of hydrogen-bond donors (Lipinski definition) is 1. The van der Waals surface area contributed by atoms with Crippen molar-refractivity contribution in [2.24, 2.45) is 5.92 Å². The van der Waals surface area contributed by atoms with Crippen LogP contribution in [-0.2, 0) is 11.3 Å². The van der Waals surface area contributed by atoms with Crippen molar-refractivity contribution in [3.8, 4) is 0 Å². The summed E-state index contributed by atoms with van der Waals surface area (Å²) in [6.07, 6.45) is 3.88. The molecule has 0 bridgehead atoms. The molecule has 2 aromatic carbocycles. The maximum Gasteiger partial charge on any atom is 0.254 e. The predicted molar refractivity (Wildman–Crippen MR) is 97.1 cm³/mol. The third-order valence-electron chi connectivity index (χ3n) is 4.84. The number of nitrogens with zero attached hydrogens (tertiary/aromatic N) is 1. The first-order valence-corrected chi connectivity index (χ1v) is 9.06. The van der Waals surface area contributed by atoms with Crippen molar-refractivity contribution in [3.05, 3.63) is 65.5 Å². The number of amides is 2. The first-order valence-electron chi connectivity index (χ1n) is 9.06. The van der Waals surface area contributed by atoms with E-state index in [9.17, 15) is 14.0 Å². The Hall–Kier alpha value is -2.69. The highest BCUT2D eigenvalue weighted by atomic mass is 19.1. The second-order valence-corrected chi connectivity index (χ2v) is 7.14. The molecule has 2 saturated carbocycles. The Bertz CT molecular complexity index is 826. The topological polar surface area (TPSA) is 49.4 Å². The SMILES string of the molecule is O=C(Nc1ccc(C(=O)N(Cc2cccc(F)c2)C2CC2)cc1)C1CC1. The molecule has 0 spiro atoms. The molecule has 4 rings (SSSR count). The van der Waals surface area contributed by atoms with Crippen LogP contribution in [0, 0.1) is 11.7 Å². The summed E-state index contributed by atoms with van der Waals surface area (Å²) in [7, 11) is 0. The van der Waals surface area contributed by atoms with Gasteiger partial charge in [0.15, 0.2) is 0 Å². The molecule has 134 valence electrons. The highest BCUT2D eigenvalue weighted by molar-refractivity contribution is 5.97. The van der Waals surface area contributed by atoms with Crippen molar-refractivity contribution in [2.45, 2.75) is 38.3 Å². The summed E-state index contributed by atoms with van der Waals surface area (Å²) in [5, 5.41) is 2.87. The smallest absolute Gasteiger partial charge is 0.254 e. The van der Waals surface area contributed by atoms with E-state index in [1.807, 2.05) is 11.0 Å². The molecule has 4 nitrogen and oxygen atoms in total. The fourth-order valence-electron chi connectivity index (χ4n) is 3.04. The molecule has 26 heavy (non-hydrogen) atoms. The second kappa shape index (κ2) is 6.90. The average molecular weight is 352 g/mol. The first-order chi connectivity index (χ1) is 12.6. The van der Waals surface area contributed by atoms with Gasteiger partial charge in [-0.2, -0.15) is 0 Å². The molecule has 0 saturated heterocycles. The lowest BCUT2D eigenvalue weighted by molar-refractivity contribution is -0.117. The Morgan fingerprint density at radius 1 is 1.04 bits per heavy atom. The standard InChI is InChI=1S/C21H21FN2O2/c22-17-3-1-2-14(12-17)13-24(19-10-11-19)21(26)16-6-8-18(9-7-16)23-20(25)15-4-5-15/h1-3,6-9,12,15,19H,4-5,10-11,13H2,(H,23,25). The summed E-state index contributed by atoms with van der Waals surface area (Å²) >= 11 is 0. The van der Waals surface area contributed by atoms with Gasteiger partial charge in [-0.15, -0.1) is 0 Å². The summed E-state index contributed by atoms with van der Waals surface area (Å²) in [6.45, 7) is 0.404. The van der Waals surface area contributed by atoms with Gasteiger partial charge in [0.25, 0.3) is 5.91 Å². The lowest BCUT2D eigenvalue weighted by atomic mass is 10.1. The monoisotopic (exact) mass is 352 g/mol. The molecule has 5 heteroatoms. The number of halogens is 1. The summed E-state index contributed by atoms with van der Waals surface area (Å²) in [5.41, 5.74) is 2.08. The molecular weight excluding hydrogens is 331 g/mol. The number of benzene rings is 2. The summed E-state index contributed by atoms with van der Waals surface area (Å²) in [4.78, 5) is 26.5. The fraction of sp³-hybridized carbons (Fsp3) is 0.333. The quantitative estimate of drug-likeness (QED) is 0.855. The van der Waals surface area contributed by atoms with E-state index in [-0.39, 0.29) is 29.6 Å². The molecule has 2 fully saturated rings. The highest BCUT2D eigenvalue weighted by Crippen LogP contribution is 2.31. The number of carbonyl (C=O) groups is 2. The van der Waals surface area contributed by atoms with Gasteiger partial charge in [0.05, 0.1) is 0 Å². The second-order valence-electron chi connectivity index (χ2n) is 7.14. The number of rotatable bonds is 6. The van der Waals surface area contributed by atoms with Crippen LogP contribution in [0.1, 0.15) is 41.6 Å². The third kappa shape index (κ3) is 3.93. The zero-order valence-electron chi connectivity index (χ0n) is 14.5. The van der Waals surface area contributed by atoms with Crippen LogP contribution in [0.3, 0.4) is 0 Å². The van der Waals surface area contributed by atoms with E-state index in [0.29, 0.717) is 17.8 Å². The van der Waals surface area contributed by atoms with E-state index in [4.69, 9.17) is 0 Å². The van der Waals surface area contributed by atoms with Crippen LogP contribution in [0.5, 0.6) is 0 Å². The van der Waals surface area contributed by atoms with E-state index in [1.54, 1.807) is 30.3 Å². The van der Waals surface area contributed by atoms with Crippen LogP contribution in [-0.4, -0.2) is 22.8 Å². The maximum atomic E-state index is 13.4. The number of hydrogen-bond acceptors (Lipinski definition) is 2. The van der Waals surface area contributed by atoms with Crippen molar-refractivity contribution in [2.75, 3.05) is 5.32 Å². The largest absolute Gasteiger partial charge is 0.331 e. The number of carbonyl (C=O) groups excluding carboxylic acids is 2. The Balaban J connectivity index is 1.46. The van der Waals surface area contributed by atoms with Crippen molar-refractivity contribution in [3.63, 3.8) is 0 Å². The van der Waals surface area contributed by atoms with Crippen LogP contribution in [0.25, 0.3) is 0 Å². The summed E-state index contributed by atoms with van der Waals surface area (Å²) < 4.78 is 13.4. The van der Waals surface area contributed by atoms with Gasteiger partial charge in [0.2, 0.25) is 5.91 Å². The molecule has 1 N–H and O–H groups in total. The summed E-state index contributed by atoms with van der Waals surface area (Å²) in [6, 6.07) is 13.6. The minimum Gasteiger partial charge on any atom is -0.331 e. The fourth-order valence-corrected chi connectivity index (χ4v) is 3.04. The number of nitrogens with one attached hydrogen (secondary N) is 1. The van der Waals surface area contributed by atoms with Gasteiger partial charge < -0.3 is 10.2 Å². The molecule has 0 unspecified atom stereocenters. The molecule has 0 heterocycles. The zero-order chi connectivity index (χ0) is 18.1. The average Bonchev–Trinajstić information content (AvgIpc) is 3.52. The molecule has 2 aliphatic carbocycles. The van der Waals surface area contributed by atoms with Gasteiger partial charge >= 0.3 is 0 Å². The van der Waals surface area contributed by atoms with E-state index in [2.05, 4.69) is 5.32 Å². The van der Waals surface area contributed by atoms with Crippen LogP contribution < -0.4 is 5.32 Å². The van der Waals surface area contributed by atoms with Crippen LogP contribution in [0.15, 0.2) is 48.5 Å². The molecule has 0 aliphatic heterocycles. The molecule has 0 aromatic heterocycles. The predicted octanol–water partition coefficient (Wildman–Crippen LogP) is 3.98. The molecular formula is C21H21FN2O2. The minimum atomic E-state index is -0.290. The van der Waals surface area contributed by atoms with Crippen molar-refractivity contribution in [1.29, 1.82) is 0 Å². The Morgan fingerprint density at radius 3 is 2.38 bits per heavy atom. The molecule has 0 radical (unpaired) electrons. The van der Waals surface area contributed by atoms with E-state index < -0.39 is 0 Å². The lowest BCUT2D eigenvalue weighted by Crippen LogP contribution is -2.32. The molecule has 0 atom stereocenters. The summed E-state index contributed by atoms with van der Waals surface area (Å²) in [5.74, 6) is -0.152. The maximum absolute atomic E-state index is 13.4. The minimum absolute atomic E-state index is 0.0507. The highest BCUT2D eigenvalue weighted by Gasteiger charge is 2.33. The van der Waals surface area contributed by atoms with Crippen molar-refractivity contribution in [1.82, 2.24) is 4.90 Å². The van der Waals surface area contributed by atoms with Crippen LogP contribution >= 0.6 is 0 Å². The van der Waals surface area contributed by atoms with Crippen LogP contribution in [0.4, 0.5) is 10.1 Å². The van der Waals surface area contributed by atoms with E-state index in [1.165, 1.54) is 12.1 Å². The van der Waals surface area contributed by atoms with Gasteiger partial charge in [-0.1, -0.05) is 12.1 Å².